The first-order valence-corrected chi connectivity index (χ1v) is 6.62. The number of urea groups is 1. The maximum absolute atomic E-state index is 11.7. The Morgan fingerprint density at radius 3 is 2.50 bits per heavy atom. The number of anilines is 1. The van der Waals surface area contributed by atoms with Crippen LogP contribution >= 0.6 is 0 Å². The van der Waals surface area contributed by atoms with Gasteiger partial charge in [0, 0.05) is 18.8 Å². The fourth-order valence-electron chi connectivity index (χ4n) is 2.35. The Morgan fingerprint density at radius 2 is 1.89 bits per heavy atom. The van der Waals surface area contributed by atoms with E-state index >= 15 is 0 Å². The predicted molar refractivity (Wildman–Crippen MR) is 73.3 cm³/mol. The van der Waals surface area contributed by atoms with E-state index < -0.39 is 0 Å². The summed E-state index contributed by atoms with van der Waals surface area (Å²) < 4.78 is 0. The van der Waals surface area contributed by atoms with Gasteiger partial charge in [-0.15, -0.1) is 0 Å². The molecule has 1 aliphatic rings. The molecule has 2 amide bonds. The lowest BCUT2D eigenvalue weighted by molar-refractivity contribution is 0.250. The first-order chi connectivity index (χ1) is 8.78. The molecular formula is C14H21N3O. The van der Waals surface area contributed by atoms with Gasteiger partial charge in [0.15, 0.2) is 0 Å². The van der Waals surface area contributed by atoms with Gasteiger partial charge in [0.1, 0.15) is 0 Å². The highest BCUT2D eigenvalue weighted by Crippen LogP contribution is 2.23. The minimum Gasteiger partial charge on any atom is -0.338 e. The summed E-state index contributed by atoms with van der Waals surface area (Å²) in [6.45, 7) is 1.31. The van der Waals surface area contributed by atoms with Crippen molar-refractivity contribution in [3.8, 4) is 0 Å². The maximum Gasteiger partial charge on any atom is 0.319 e. The minimum absolute atomic E-state index is 0.123. The lowest BCUT2D eigenvalue weighted by atomic mass is 10.1. The van der Waals surface area contributed by atoms with E-state index in [-0.39, 0.29) is 6.03 Å². The van der Waals surface area contributed by atoms with Crippen LogP contribution in [0.4, 0.5) is 10.5 Å². The number of nitrogens with one attached hydrogen (secondary N) is 2. The van der Waals surface area contributed by atoms with E-state index in [1.165, 1.54) is 25.7 Å². The summed E-state index contributed by atoms with van der Waals surface area (Å²) in [5, 5.41) is 5.75. The molecule has 0 bridgehead atoms. The molecular weight excluding hydrogens is 226 g/mol. The molecule has 0 aromatic heterocycles. The molecule has 0 spiro atoms. The van der Waals surface area contributed by atoms with Gasteiger partial charge in [-0.2, -0.15) is 0 Å². The normalized spacial score (nSPS) is 15.6. The summed E-state index contributed by atoms with van der Waals surface area (Å²) in [6.07, 6.45) is 5.08. The van der Waals surface area contributed by atoms with Crippen molar-refractivity contribution in [2.24, 2.45) is 11.7 Å². The van der Waals surface area contributed by atoms with Gasteiger partial charge in [0.2, 0.25) is 0 Å². The average molecular weight is 247 g/mol. The Kier molecular flexibility index (Phi) is 4.59. The average Bonchev–Trinajstić information content (AvgIpc) is 2.90. The Bertz CT molecular complexity index is 383. The zero-order valence-electron chi connectivity index (χ0n) is 10.6. The van der Waals surface area contributed by atoms with Crippen molar-refractivity contribution in [2.45, 2.75) is 32.2 Å². The van der Waals surface area contributed by atoms with E-state index in [9.17, 15) is 4.79 Å². The van der Waals surface area contributed by atoms with Gasteiger partial charge in [-0.1, -0.05) is 25.0 Å². The number of hydrogen-bond donors (Lipinski definition) is 3. The Balaban J connectivity index is 1.75. The van der Waals surface area contributed by atoms with Crippen LogP contribution in [0.3, 0.4) is 0 Å². The highest BCUT2D eigenvalue weighted by atomic mass is 16.2. The number of nitrogens with two attached hydrogens (primary N) is 1. The van der Waals surface area contributed by atoms with Gasteiger partial charge >= 0.3 is 6.03 Å². The smallest absolute Gasteiger partial charge is 0.319 e. The number of carbonyl (C=O) groups excluding carboxylic acids is 1. The van der Waals surface area contributed by atoms with Crippen molar-refractivity contribution in [1.82, 2.24) is 5.32 Å². The lowest BCUT2D eigenvalue weighted by Crippen LogP contribution is -2.32. The second-order valence-corrected chi connectivity index (χ2v) is 4.89. The summed E-state index contributed by atoms with van der Waals surface area (Å²) in [5.41, 5.74) is 7.38. The highest BCUT2D eigenvalue weighted by Gasteiger charge is 2.15. The number of benzene rings is 1. The van der Waals surface area contributed by atoms with Gasteiger partial charge in [0.25, 0.3) is 0 Å². The molecule has 4 nitrogen and oxygen atoms in total. The maximum atomic E-state index is 11.7. The monoisotopic (exact) mass is 247 g/mol. The molecule has 0 radical (unpaired) electrons. The van der Waals surface area contributed by atoms with E-state index in [1.807, 2.05) is 24.3 Å². The van der Waals surface area contributed by atoms with Gasteiger partial charge in [-0.25, -0.2) is 4.79 Å². The molecule has 4 heteroatoms. The molecule has 18 heavy (non-hydrogen) atoms. The van der Waals surface area contributed by atoms with Gasteiger partial charge in [-0.05, 0) is 36.5 Å². The zero-order valence-corrected chi connectivity index (χ0v) is 10.6. The summed E-state index contributed by atoms with van der Waals surface area (Å²) >= 11 is 0. The topological polar surface area (TPSA) is 67.1 Å². The third-order valence-electron chi connectivity index (χ3n) is 3.47. The largest absolute Gasteiger partial charge is 0.338 e. The number of hydrogen-bond acceptors (Lipinski definition) is 2. The van der Waals surface area contributed by atoms with Gasteiger partial charge < -0.3 is 16.4 Å². The highest BCUT2D eigenvalue weighted by molar-refractivity contribution is 5.89. The summed E-state index contributed by atoms with van der Waals surface area (Å²) in [6, 6.07) is 7.47. The first kappa shape index (κ1) is 12.9. The molecule has 1 fully saturated rings. The molecule has 1 aromatic rings. The van der Waals surface area contributed by atoms with Crippen LogP contribution in [0.25, 0.3) is 0 Å². The summed E-state index contributed by atoms with van der Waals surface area (Å²) in [5.74, 6) is 0.662. The van der Waals surface area contributed by atoms with Crippen molar-refractivity contribution in [1.29, 1.82) is 0 Å². The van der Waals surface area contributed by atoms with Crippen molar-refractivity contribution in [3.63, 3.8) is 0 Å². The molecule has 1 aromatic carbocycles. The Hall–Kier alpha value is -1.55. The third kappa shape index (κ3) is 3.74. The van der Waals surface area contributed by atoms with Crippen molar-refractivity contribution >= 4 is 11.7 Å². The summed E-state index contributed by atoms with van der Waals surface area (Å²) in [4.78, 5) is 11.7. The number of carbonyl (C=O) groups is 1. The molecule has 98 valence electrons. The molecule has 0 aliphatic heterocycles. The quantitative estimate of drug-likeness (QED) is 0.765. The van der Waals surface area contributed by atoms with Crippen LogP contribution in [-0.2, 0) is 6.54 Å². The van der Waals surface area contributed by atoms with Crippen molar-refractivity contribution < 1.29 is 4.79 Å². The molecule has 0 heterocycles. The van der Waals surface area contributed by atoms with Crippen LogP contribution in [-0.4, -0.2) is 12.6 Å². The van der Waals surface area contributed by atoms with Crippen molar-refractivity contribution in [3.05, 3.63) is 29.8 Å². The van der Waals surface area contributed by atoms with E-state index in [1.54, 1.807) is 0 Å². The molecule has 1 saturated carbocycles. The molecule has 4 N–H and O–H groups in total. The van der Waals surface area contributed by atoms with Gasteiger partial charge in [-0.3, -0.25) is 0 Å². The lowest BCUT2D eigenvalue weighted by Gasteiger charge is -2.11. The Labute approximate surface area is 108 Å². The van der Waals surface area contributed by atoms with E-state index in [4.69, 9.17) is 5.73 Å². The second kappa shape index (κ2) is 6.40. The standard InChI is InChI=1S/C14H21N3O/c15-9-11-5-7-13(8-6-11)17-14(18)16-10-12-3-1-2-4-12/h5-8,12H,1-4,9-10,15H2,(H2,16,17,18). The fraction of sp³-hybridized carbons (Fsp3) is 0.500. The summed E-state index contributed by atoms with van der Waals surface area (Å²) in [7, 11) is 0. The molecule has 2 rings (SSSR count). The van der Waals surface area contributed by atoms with Crippen LogP contribution < -0.4 is 16.4 Å². The molecule has 0 saturated heterocycles. The molecule has 0 atom stereocenters. The van der Waals surface area contributed by atoms with Crippen LogP contribution in [0.1, 0.15) is 31.2 Å². The second-order valence-electron chi connectivity index (χ2n) is 4.89. The fourth-order valence-corrected chi connectivity index (χ4v) is 2.35. The first-order valence-electron chi connectivity index (χ1n) is 6.62. The van der Waals surface area contributed by atoms with Crippen LogP contribution in [0.5, 0.6) is 0 Å². The van der Waals surface area contributed by atoms with E-state index in [0.717, 1.165) is 17.8 Å². The molecule has 0 unspecified atom stereocenters. The van der Waals surface area contributed by atoms with E-state index in [2.05, 4.69) is 10.6 Å². The zero-order chi connectivity index (χ0) is 12.8. The Morgan fingerprint density at radius 1 is 1.22 bits per heavy atom. The predicted octanol–water partition coefficient (Wildman–Crippen LogP) is 2.46. The van der Waals surface area contributed by atoms with Gasteiger partial charge in [0.05, 0.1) is 0 Å². The minimum atomic E-state index is -0.123. The van der Waals surface area contributed by atoms with Crippen LogP contribution in [0.2, 0.25) is 0 Å². The van der Waals surface area contributed by atoms with E-state index in [0.29, 0.717) is 12.5 Å². The van der Waals surface area contributed by atoms with Crippen LogP contribution in [0.15, 0.2) is 24.3 Å². The third-order valence-corrected chi connectivity index (χ3v) is 3.47. The van der Waals surface area contributed by atoms with Crippen molar-refractivity contribution in [2.75, 3.05) is 11.9 Å². The number of amides is 2. The van der Waals surface area contributed by atoms with Crippen LogP contribution in [0, 0.1) is 5.92 Å². The SMILES string of the molecule is NCc1ccc(NC(=O)NCC2CCCC2)cc1. The number of rotatable bonds is 4. The molecule has 1 aliphatic carbocycles.